The fourth-order valence-corrected chi connectivity index (χ4v) is 2.57. The summed E-state index contributed by atoms with van der Waals surface area (Å²) in [4.78, 5) is 10.3. The van der Waals surface area contributed by atoms with Gasteiger partial charge in [-0.1, -0.05) is 89.4 Å². The van der Waals surface area contributed by atoms with Crippen molar-refractivity contribution in [1.82, 2.24) is 0 Å². The Balaban J connectivity index is 3.20. The molecular formula is C22H36O2. The third kappa shape index (κ3) is 20.6. The van der Waals surface area contributed by atoms with Crippen molar-refractivity contribution in [2.24, 2.45) is 0 Å². The Hall–Kier alpha value is -1.41. The summed E-state index contributed by atoms with van der Waals surface area (Å²) in [5.41, 5.74) is 0. The van der Waals surface area contributed by atoms with Crippen LogP contribution in [0.5, 0.6) is 0 Å². The zero-order valence-electron chi connectivity index (χ0n) is 15.7. The van der Waals surface area contributed by atoms with Gasteiger partial charge in [-0.05, 0) is 6.42 Å². The first-order chi connectivity index (χ1) is 11.8. The zero-order valence-corrected chi connectivity index (χ0v) is 15.7. The maximum absolute atomic E-state index is 10.3. The van der Waals surface area contributed by atoms with Gasteiger partial charge >= 0.3 is 5.97 Å². The molecule has 0 aromatic rings. The molecule has 0 radical (unpaired) electrons. The normalized spacial score (nSPS) is 9.71. The van der Waals surface area contributed by atoms with E-state index < -0.39 is 5.97 Å². The molecule has 0 heterocycles. The molecule has 2 nitrogen and oxygen atoms in total. The van der Waals surface area contributed by atoms with E-state index in [9.17, 15) is 4.79 Å². The van der Waals surface area contributed by atoms with Gasteiger partial charge in [0, 0.05) is 12.8 Å². The average molecular weight is 333 g/mol. The molecule has 0 amide bonds. The third-order valence-corrected chi connectivity index (χ3v) is 4.05. The SMILES string of the molecule is CCCCCCCCCCCCCCC#CCC#CCCC(=O)O. The van der Waals surface area contributed by atoms with Crippen LogP contribution >= 0.6 is 0 Å². The van der Waals surface area contributed by atoms with E-state index in [-0.39, 0.29) is 6.42 Å². The Morgan fingerprint density at radius 1 is 0.667 bits per heavy atom. The van der Waals surface area contributed by atoms with Crippen molar-refractivity contribution in [3.05, 3.63) is 0 Å². The Bertz CT molecular complexity index is 403. The van der Waals surface area contributed by atoms with Crippen LogP contribution in [0.3, 0.4) is 0 Å². The first kappa shape index (κ1) is 22.6. The number of hydrogen-bond donors (Lipinski definition) is 1. The molecule has 0 rings (SSSR count). The summed E-state index contributed by atoms with van der Waals surface area (Å²) in [6.07, 6.45) is 18.5. The van der Waals surface area contributed by atoms with E-state index in [4.69, 9.17) is 5.11 Å². The Morgan fingerprint density at radius 3 is 1.62 bits per heavy atom. The lowest BCUT2D eigenvalue weighted by Gasteiger charge is -2.01. The van der Waals surface area contributed by atoms with Gasteiger partial charge in [0.2, 0.25) is 0 Å². The summed E-state index contributed by atoms with van der Waals surface area (Å²) in [6, 6.07) is 0. The molecule has 2 heteroatoms. The van der Waals surface area contributed by atoms with E-state index in [1.165, 1.54) is 77.0 Å². The molecule has 136 valence electrons. The van der Waals surface area contributed by atoms with Gasteiger partial charge < -0.3 is 5.11 Å². The molecule has 0 aromatic carbocycles. The van der Waals surface area contributed by atoms with Gasteiger partial charge in [0.1, 0.15) is 0 Å². The minimum absolute atomic E-state index is 0.124. The van der Waals surface area contributed by atoms with Crippen LogP contribution in [0.4, 0.5) is 0 Å². The number of carboxylic acid groups (broad SMARTS) is 1. The van der Waals surface area contributed by atoms with E-state index >= 15 is 0 Å². The maximum Gasteiger partial charge on any atom is 0.304 e. The van der Waals surface area contributed by atoms with Crippen LogP contribution in [0, 0.1) is 23.7 Å². The quantitative estimate of drug-likeness (QED) is 0.298. The molecule has 1 N–H and O–H groups in total. The van der Waals surface area contributed by atoms with Crippen LogP contribution in [0.25, 0.3) is 0 Å². The Morgan fingerprint density at radius 2 is 1.12 bits per heavy atom. The van der Waals surface area contributed by atoms with Gasteiger partial charge in [-0.3, -0.25) is 4.79 Å². The van der Waals surface area contributed by atoms with Crippen molar-refractivity contribution >= 4 is 5.97 Å². The summed E-state index contributed by atoms with van der Waals surface area (Å²) < 4.78 is 0. The molecule has 0 bridgehead atoms. The molecule has 0 spiro atoms. The molecule has 0 aliphatic rings. The molecule has 0 saturated heterocycles. The first-order valence-corrected chi connectivity index (χ1v) is 9.90. The van der Waals surface area contributed by atoms with E-state index in [0.717, 1.165) is 6.42 Å². The maximum atomic E-state index is 10.3. The van der Waals surface area contributed by atoms with Gasteiger partial charge in [0.05, 0.1) is 12.8 Å². The summed E-state index contributed by atoms with van der Waals surface area (Å²) in [5, 5.41) is 8.46. The van der Waals surface area contributed by atoms with Crippen LogP contribution in [0.15, 0.2) is 0 Å². The van der Waals surface area contributed by atoms with Crippen LogP contribution in [-0.2, 0) is 4.79 Å². The Kier molecular flexibility index (Phi) is 18.5. The molecule has 0 aliphatic heterocycles. The van der Waals surface area contributed by atoms with Crippen molar-refractivity contribution < 1.29 is 9.90 Å². The van der Waals surface area contributed by atoms with Crippen molar-refractivity contribution in [2.75, 3.05) is 0 Å². The fraction of sp³-hybridized carbons (Fsp3) is 0.773. The lowest BCUT2D eigenvalue weighted by molar-refractivity contribution is -0.136. The fourth-order valence-electron chi connectivity index (χ4n) is 2.57. The molecule has 0 atom stereocenters. The number of carboxylic acids is 1. The van der Waals surface area contributed by atoms with Crippen molar-refractivity contribution in [3.63, 3.8) is 0 Å². The summed E-state index contributed by atoms with van der Waals surface area (Å²) in [7, 11) is 0. The van der Waals surface area contributed by atoms with E-state index in [0.29, 0.717) is 12.8 Å². The lowest BCUT2D eigenvalue weighted by atomic mass is 10.0. The second-order valence-corrected chi connectivity index (χ2v) is 6.42. The minimum Gasteiger partial charge on any atom is -0.481 e. The van der Waals surface area contributed by atoms with Crippen LogP contribution < -0.4 is 0 Å². The topological polar surface area (TPSA) is 37.3 Å². The summed E-state index contributed by atoms with van der Waals surface area (Å²) in [6.45, 7) is 2.27. The summed E-state index contributed by atoms with van der Waals surface area (Å²) in [5.74, 6) is 11.1. The number of carbonyl (C=O) groups is 1. The van der Waals surface area contributed by atoms with E-state index in [2.05, 4.69) is 30.6 Å². The molecule has 0 saturated carbocycles. The zero-order chi connectivity index (χ0) is 17.7. The number of aliphatic carboxylic acids is 1. The third-order valence-electron chi connectivity index (χ3n) is 4.05. The predicted molar refractivity (Wildman–Crippen MR) is 103 cm³/mol. The highest BCUT2D eigenvalue weighted by Gasteiger charge is 1.93. The monoisotopic (exact) mass is 332 g/mol. The van der Waals surface area contributed by atoms with Crippen molar-refractivity contribution in [3.8, 4) is 23.7 Å². The number of rotatable bonds is 14. The van der Waals surface area contributed by atoms with Gasteiger partial charge in [-0.15, -0.1) is 11.8 Å². The molecule has 0 unspecified atom stereocenters. The molecular weight excluding hydrogens is 296 g/mol. The standard InChI is InChI=1S/C22H36O2/c1-2-3-4-5-6-7-8-9-10-11-12-13-14-15-16-17-18-19-20-21-22(23)24/h2-14,17,20-21H2,1H3,(H,23,24). The van der Waals surface area contributed by atoms with Gasteiger partial charge in [0.25, 0.3) is 0 Å². The highest BCUT2D eigenvalue weighted by molar-refractivity contribution is 5.67. The van der Waals surface area contributed by atoms with Crippen molar-refractivity contribution in [1.29, 1.82) is 0 Å². The first-order valence-electron chi connectivity index (χ1n) is 9.90. The Labute approximate surface area is 149 Å². The van der Waals surface area contributed by atoms with Gasteiger partial charge in [0.15, 0.2) is 0 Å². The number of hydrogen-bond acceptors (Lipinski definition) is 1. The van der Waals surface area contributed by atoms with E-state index in [1.807, 2.05) is 0 Å². The van der Waals surface area contributed by atoms with Crippen molar-refractivity contribution in [2.45, 2.75) is 110 Å². The second kappa shape index (κ2) is 19.6. The average Bonchev–Trinajstić information content (AvgIpc) is 2.56. The molecule has 0 aliphatic carbocycles. The van der Waals surface area contributed by atoms with Crippen LogP contribution in [-0.4, -0.2) is 11.1 Å². The summed E-state index contributed by atoms with van der Waals surface area (Å²) >= 11 is 0. The smallest absolute Gasteiger partial charge is 0.304 e. The largest absolute Gasteiger partial charge is 0.481 e. The molecule has 0 aromatic heterocycles. The van der Waals surface area contributed by atoms with Gasteiger partial charge in [-0.2, -0.15) is 0 Å². The predicted octanol–water partition coefficient (Wildman–Crippen LogP) is 6.34. The van der Waals surface area contributed by atoms with Crippen LogP contribution in [0.2, 0.25) is 0 Å². The highest BCUT2D eigenvalue weighted by atomic mass is 16.4. The molecule has 0 fully saturated rings. The lowest BCUT2D eigenvalue weighted by Crippen LogP contribution is -1.91. The van der Waals surface area contributed by atoms with Gasteiger partial charge in [-0.25, -0.2) is 0 Å². The van der Waals surface area contributed by atoms with E-state index in [1.54, 1.807) is 0 Å². The second-order valence-electron chi connectivity index (χ2n) is 6.42. The minimum atomic E-state index is -0.789. The molecule has 24 heavy (non-hydrogen) atoms. The van der Waals surface area contributed by atoms with Crippen LogP contribution in [0.1, 0.15) is 110 Å². The number of unbranched alkanes of at least 4 members (excludes halogenated alkanes) is 12. The highest BCUT2D eigenvalue weighted by Crippen LogP contribution is 2.12.